The number of carbonyl (C=O) groups excluding carboxylic acids is 2. The Morgan fingerprint density at radius 1 is 1.10 bits per heavy atom. The summed E-state index contributed by atoms with van der Waals surface area (Å²) >= 11 is 0. The monoisotopic (exact) mass is 282 g/mol. The van der Waals surface area contributed by atoms with E-state index in [1.54, 1.807) is 6.08 Å². The van der Waals surface area contributed by atoms with E-state index in [0.717, 1.165) is 6.42 Å². The van der Waals surface area contributed by atoms with Gasteiger partial charge in [0.05, 0.1) is 11.8 Å². The van der Waals surface area contributed by atoms with Gasteiger partial charge in [-0.3, -0.25) is 14.4 Å². The number of carbonyl (C=O) groups is 3. The maximum atomic E-state index is 12.0. The molecule has 20 heavy (non-hydrogen) atoms. The van der Waals surface area contributed by atoms with Gasteiger partial charge in [0.1, 0.15) is 0 Å². The van der Waals surface area contributed by atoms with Gasteiger partial charge < -0.3 is 15.7 Å². The standard InChI is InChI=1S/C14H22N2O4/c1-2-8-15-12(17)7-9-16-13(18)10-5-3-4-6-11(10)14(19)20/h3-4,10-11H,2,5-9H2,1H3,(H,15,17)(H,16,18)(H,19,20). The zero-order valence-corrected chi connectivity index (χ0v) is 11.7. The van der Waals surface area contributed by atoms with Gasteiger partial charge in [-0.25, -0.2) is 0 Å². The molecule has 0 aromatic carbocycles. The topological polar surface area (TPSA) is 95.5 Å². The molecule has 2 unspecified atom stereocenters. The quantitative estimate of drug-likeness (QED) is 0.598. The van der Waals surface area contributed by atoms with E-state index in [1.165, 1.54) is 0 Å². The van der Waals surface area contributed by atoms with E-state index in [1.807, 2.05) is 13.0 Å². The van der Waals surface area contributed by atoms with Crippen molar-refractivity contribution >= 4 is 17.8 Å². The van der Waals surface area contributed by atoms with Crippen LogP contribution in [0.1, 0.15) is 32.6 Å². The fraction of sp³-hybridized carbons (Fsp3) is 0.643. The van der Waals surface area contributed by atoms with Gasteiger partial charge >= 0.3 is 5.97 Å². The summed E-state index contributed by atoms with van der Waals surface area (Å²) in [5.74, 6) is -2.56. The van der Waals surface area contributed by atoms with Gasteiger partial charge in [-0.2, -0.15) is 0 Å². The SMILES string of the molecule is CCCNC(=O)CCNC(=O)C1CC=CCC1C(=O)O. The van der Waals surface area contributed by atoms with Crippen LogP contribution < -0.4 is 10.6 Å². The Balaban J connectivity index is 2.36. The summed E-state index contributed by atoms with van der Waals surface area (Å²) in [7, 11) is 0. The van der Waals surface area contributed by atoms with E-state index in [9.17, 15) is 14.4 Å². The molecule has 0 saturated carbocycles. The number of rotatable bonds is 7. The Morgan fingerprint density at radius 2 is 1.75 bits per heavy atom. The third-order valence-electron chi connectivity index (χ3n) is 3.31. The van der Waals surface area contributed by atoms with Gasteiger partial charge in [0, 0.05) is 19.5 Å². The third kappa shape index (κ3) is 5.03. The number of hydrogen-bond acceptors (Lipinski definition) is 3. The van der Waals surface area contributed by atoms with Crippen molar-refractivity contribution in [1.82, 2.24) is 10.6 Å². The highest BCUT2D eigenvalue weighted by molar-refractivity contribution is 5.85. The number of carboxylic acids is 1. The first-order valence-corrected chi connectivity index (χ1v) is 6.98. The lowest BCUT2D eigenvalue weighted by Gasteiger charge is -2.24. The smallest absolute Gasteiger partial charge is 0.307 e. The second-order valence-corrected chi connectivity index (χ2v) is 4.89. The first-order chi connectivity index (χ1) is 9.56. The summed E-state index contributed by atoms with van der Waals surface area (Å²) in [6.45, 7) is 2.83. The van der Waals surface area contributed by atoms with Crippen molar-refractivity contribution in [2.75, 3.05) is 13.1 Å². The van der Waals surface area contributed by atoms with E-state index >= 15 is 0 Å². The minimum Gasteiger partial charge on any atom is -0.481 e. The van der Waals surface area contributed by atoms with Gasteiger partial charge in [-0.05, 0) is 19.3 Å². The van der Waals surface area contributed by atoms with E-state index in [0.29, 0.717) is 19.4 Å². The second kappa shape index (κ2) is 8.35. The Morgan fingerprint density at radius 3 is 2.35 bits per heavy atom. The summed E-state index contributed by atoms with van der Waals surface area (Å²) in [6, 6.07) is 0. The second-order valence-electron chi connectivity index (χ2n) is 4.89. The molecule has 0 spiro atoms. The number of nitrogens with one attached hydrogen (secondary N) is 2. The summed E-state index contributed by atoms with van der Waals surface area (Å²) in [6.07, 6.45) is 5.52. The molecule has 1 rings (SSSR count). The molecular weight excluding hydrogens is 260 g/mol. The number of carboxylic acid groups (broad SMARTS) is 1. The van der Waals surface area contributed by atoms with E-state index in [2.05, 4.69) is 10.6 Å². The molecule has 0 radical (unpaired) electrons. The number of aliphatic carboxylic acids is 1. The van der Waals surface area contributed by atoms with Gasteiger partial charge in [0.25, 0.3) is 0 Å². The molecule has 6 heteroatoms. The summed E-state index contributed by atoms with van der Waals surface area (Å²) in [5.41, 5.74) is 0. The average Bonchev–Trinajstić information content (AvgIpc) is 2.44. The minimum atomic E-state index is -0.949. The highest BCUT2D eigenvalue weighted by Crippen LogP contribution is 2.25. The summed E-state index contributed by atoms with van der Waals surface area (Å²) in [5, 5.41) is 14.5. The van der Waals surface area contributed by atoms with Crippen molar-refractivity contribution in [3.05, 3.63) is 12.2 Å². The van der Waals surface area contributed by atoms with E-state index < -0.39 is 17.8 Å². The molecule has 0 heterocycles. The first-order valence-electron chi connectivity index (χ1n) is 6.98. The van der Waals surface area contributed by atoms with Crippen LogP contribution in [0.3, 0.4) is 0 Å². The van der Waals surface area contributed by atoms with Crippen molar-refractivity contribution in [3.63, 3.8) is 0 Å². The Hall–Kier alpha value is -1.85. The lowest BCUT2D eigenvalue weighted by molar-refractivity contribution is -0.147. The molecule has 3 N–H and O–H groups in total. The molecule has 2 atom stereocenters. The fourth-order valence-electron chi connectivity index (χ4n) is 2.16. The minimum absolute atomic E-state index is 0.106. The van der Waals surface area contributed by atoms with Gasteiger partial charge in [-0.1, -0.05) is 19.1 Å². The normalized spacial score (nSPS) is 21.2. The number of allylic oxidation sites excluding steroid dienone is 2. The van der Waals surface area contributed by atoms with Crippen molar-refractivity contribution in [2.45, 2.75) is 32.6 Å². The van der Waals surface area contributed by atoms with Crippen LogP contribution in [0.15, 0.2) is 12.2 Å². The molecule has 0 saturated heterocycles. The molecule has 0 aromatic heterocycles. The van der Waals surface area contributed by atoms with E-state index in [-0.39, 0.29) is 24.8 Å². The molecule has 0 bridgehead atoms. The first kappa shape index (κ1) is 16.2. The molecule has 2 amide bonds. The van der Waals surface area contributed by atoms with Crippen molar-refractivity contribution in [3.8, 4) is 0 Å². The average molecular weight is 282 g/mol. The Kier molecular flexibility index (Phi) is 6.76. The van der Waals surface area contributed by atoms with Crippen molar-refractivity contribution < 1.29 is 19.5 Å². The zero-order valence-electron chi connectivity index (χ0n) is 11.7. The maximum absolute atomic E-state index is 12.0. The molecule has 0 aliphatic heterocycles. The van der Waals surface area contributed by atoms with Crippen LogP contribution in [0.4, 0.5) is 0 Å². The van der Waals surface area contributed by atoms with Crippen LogP contribution in [0.25, 0.3) is 0 Å². The van der Waals surface area contributed by atoms with Crippen molar-refractivity contribution in [1.29, 1.82) is 0 Å². The molecule has 1 aliphatic rings. The van der Waals surface area contributed by atoms with E-state index in [4.69, 9.17) is 5.11 Å². The van der Waals surface area contributed by atoms with Gasteiger partial charge in [0.15, 0.2) is 0 Å². The summed E-state index contributed by atoms with van der Waals surface area (Å²) < 4.78 is 0. The molecule has 0 aromatic rings. The highest BCUT2D eigenvalue weighted by Gasteiger charge is 2.33. The van der Waals surface area contributed by atoms with Crippen LogP contribution in [0.5, 0.6) is 0 Å². The number of hydrogen-bond donors (Lipinski definition) is 3. The summed E-state index contributed by atoms with van der Waals surface area (Å²) in [4.78, 5) is 34.4. The molecule has 0 fully saturated rings. The number of amides is 2. The zero-order chi connectivity index (χ0) is 15.0. The van der Waals surface area contributed by atoms with Crippen LogP contribution in [0.2, 0.25) is 0 Å². The van der Waals surface area contributed by atoms with Gasteiger partial charge in [0.2, 0.25) is 11.8 Å². The van der Waals surface area contributed by atoms with Crippen LogP contribution >= 0.6 is 0 Å². The lowest BCUT2D eigenvalue weighted by atomic mass is 9.82. The Bertz CT molecular complexity index is 393. The maximum Gasteiger partial charge on any atom is 0.307 e. The molecule has 112 valence electrons. The fourth-order valence-corrected chi connectivity index (χ4v) is 2.16. The van der Waals surface area contributed by atoms with Crippen LogP contribution in [0, 0.1) is 11.8 Å². The highest BCUT2D eigenvalue weighted by atomic mass is 16.4. The predicted molar refractivity (Wildman–Crippen MR) is 73.9 cm³/mol. The lowest BCUT2D eigenvalue weighted by Crippen LogP contribution is -2.40. The van der Waals surface area contributed by atoms with Crippen LogP contribution in [-0.4, -0.2) is 36.0 Å². The largest absolute Gasteiger partial charge is 0.481 e. The van der Waals surface area contributed by atoms with Crippen LogP contribution in [-0.2, 0) is 14.4 Å². The van der Waals surface area contributed by atoms with Crippen molar-refractivity contribution in [2.24, 2.45) is 11.8 Å². The molecule has 1 aliphatic carbocycles. The third-order valence-corrected chi connectivity index (χ3v) is 3.31. The molecular formula is C14H22N2O4. The Labute approximate surface area is 118 Å². The van der Waals surface area contributed by atoms with Gasteiger partial charge in [-0.15, -0.1) is 0 Å². The molecule has 6 nitrogen and oxygen atoms in total. The predicted octanol–water partition coefficient (Wildman–Crippen LogP) is 0.686.